The van der Waals surface area contributed by atoms with Gasteiger partial charge >= 0.3 is 0 Å². The van der Waals surface area contributed by atoms with Gasteiger partial charge in [0, 0.05) is 35.7 Å². The molecule has 1 aromatic carbocycles. The van der Waals surface area contributed by atoms with Crippen LogP contribution in [0, 0.1) is 0 Å². The number of hydrogen-bond donors (Lipinski definition) is 2. The van der Waals surface area contributed by atoms with Crippen LogP contribution in [0.15, 0.2) is 18.2 Å². The highest BCUT2D eigenvalue weighted by Gasteiger charge is 2.16. The van der Waals surface area contributed by atoms with E-state index in [2.05, 4.69) is 10.6 Å². The van der Waals surface area contributed by atoms with Gasteiger partial charge < -0.3 is 10.6 Å². The van der Waals surface area contributed by atoms with Crippen molar-refractivity contribution in [3.8, 4) is 0 Å². The van der Waals surface area contributed by atoms with Gasteiger partial charge in [0.2, 0.25) is 0 Å². The number of rotatable bonds is 1. The van der Waals surface area contributed by atoms with Crippen LogP contribution in [-0.2, 0) is 0 Å². The van der Waals surface area contributed by atoms with Crippen LogP contribution in [0.4, 0.5) is 0 Å². The van der Waals surface area contributed by atoms with Crippen molar-refractivity contribution in [1.82, 2.24) is 10.6 Å². The molecule has 1 fully saturated rings. The van der Waals surface area contributed by atoms with Crippen molar-refractivity contribution < 1.29 is 0 Å². The summed E-state index contributed by atoms with van der Waals surface area (Å²) in [5, 5.41) is 8.14. The van der Waals surface area contributed by atoms with Gasteiger partial charge in [-0.3, -0.25) is 0 Å². The van der Waals surface area contributed by atoms with Crippen molar-refractivity contribution in [3.63, 3.8) is 0 Å². The first-order valence-electron chi connectivity index (χ1n) is 4.66. The second-order valence-electron chi connectivity index (χ2n) is 3.38. The van der Waals surface area contributed by atoms with E-state index in [1.165, 1.54) is 0 Å². The fraction of sp³-hybridized carbons (Fsp3) is 0.400. The molecule has 0 amide bonds. The Bertz CT molecular complexity index is 324. The van der Waals surface area contributed by atoms with Crippen LogP contribution < -0.4 is 10.6 Å². The topological polar surface area (TPSA) is 24.1 Å². The number of hydrogen-bond acceptors (Lipinski definition) is 2. The molecule has 0 bridgehead atoms. The van der Waals surface area contributed by atoms with E-state index in [0.29, 0.717) is 11.1 Å². The number of piperazine rings is 1. The van der Waals surface area contributed by atoms with Crippen LogP contribution in [-0.4, -0.2) is 19.6 Å². The molecular formula is C10H13Cl3N2. The van der Waals surface area contributed by atoms with Crippen molar-refractivity contribution in [2.75, 3.05) is 19.6 Å². The summed E-state index contributed by atoms with van der Waals surface area (Å²) in [7, 11) is 0. The molecule has 1 heterocycles. The van der Waals surface area contributed by atoms with Crippen molar-refractivity contribution >= 4 is 35.6 Å². The summed E-state index contributed by atoms with van der Waals surface area (Å²) >= 11 is 11.9. The Balaban J connectivity index is 0.00000112. The van der Waals surface area contributed by atoms with E-state index in [9.17, 15) is 0 Å². The Hall–Kier alpha value is 0.01000. The van der Waals surface area contributed by atoms with Crippen LogP contribution in [0.25, 0.3) is 0 Å². The van der Waals surface area contributed by atoms with E-state index in [1.807, 2.05) is 12.1 Å². The Labute approximate surface area is 106 Å². The molecule has 1 aliphatic heterocycles. The molecule has 15 heavy (non-hydrogen) atoms. The minimum absolute atomic E-state index is 0. The van der Waals surface area contributed by atoms with Crippen molar-refractivity contribution in [2.24, 2.45) is 0 Å². The number of nitrogens with one attached hydrogen (secondary N) is 2. The van der Waals surface area contributed by atoms with E-state index >= 15 is 0 Å². The van der Waals surface area contributed by atoms with E-state index in [1.54, 1.807) is 6.07 Å². The largest absolute Gasteiger partial charge is 0.314 e. The molecule has 2 N–H and O–H groups in total. The fourth-order valence-electron chi connectivity index (χ4n) is 1.66. The van der Waals surface area contributed by atoms with Crippen LogP contribution in [0.1, 0.15) is 11.6 Å². The summed E-state index contributed by atoms with van der Waals surface area (Å²) in [5.74, 6) is 0. The Morgan fingerprint density at radius 2 is 2.00 bits per heavy atom. The Morgan fingerprint density at radius 1 is 1.20 bits per heavy atom. The SMILES string of the molecule is Cl.Clc1ccc([C@H]2CNCCN2)c(Cl)c1. The van der Waals surface area contributed by atoms with Crippen molar-refractivity contribution in [2.45, 2.75) is 6.04 Å². The predicted octanol–water partition coefficient (Wildman–Crippen LogP) is 2.65. The third-order valence-electron chi connectivity index (χ3n) is 2.38. The highest BCUT2D eigenvalue weighted by molar-refractivity contribution is 6.35. The van der Waals surface area contributed by atoms with Crippen molar-refractivity contribution in [3.05, 3.63) is 33.8 Å². The van der Waals surface area contributed by atoms with Crippen LogP contribution in [0.3, 0.4) is 0 Å². The van der Waals surface area contributed by atoms with Gasteiger partial charge in [0.1, 0.15) is 0 Å². The average Bonchev–Trinajstić information content (AvgIpc) is 2.19. The summed E-state index contributed by atoms with van der Waals surface area (Å²) in [5.41, 5.74) is 1.11. The predicted molar refractivity (Wildman–Crippen MR) is 67.3 cm³/mol. The molecule has 0 unspecified atom stereocenters. The lowest BCUT2D eigenvalue weighted by molar-refractivity contribution is 0.430. The van der Waals surface area contributed by atoms with Crippen molar-refractivity contribution in [1.29, 1.82) is 0 Å². The highest BCUT2D eigenvalue weighted by Crippen LogP contribution is 2.26. The van der Waals surface area contributed by atoms with Gasteiger partial charge in [-0.25, -0.2) is 0 Å². The Kier molecular flexibility index (Phi) is 5.16. The molecule has 0 radical (unpaired) electrons. The van der Waals surface area contributed by atoms with Gasteiger partial charge in [0.05, 0.1) is 0 Å². The summed E-state index contributed by atoms with van der Waals surface area (Å²) in [6.45, 7) is 2.91. The lowest BCUT2D eigenvalue weighted by atomic mass is 10.1. The van der Waals surface area contributed by atoms with E-state index in [4.69, 9.17) is 23.2 Å². The number of halogens is 3. The molecule has 2 nitrogen and oxygen atoms in total. The maximum atomic E-state index is 6.11. The lowest BCUT2D eigenvalue weighted by Crippen LogP contribution is -2.42. The molecule has 0 aliphatic carbocycles. The van der Waals surface area contributed by atoms with E-state index in [0.717, 1.165) is 30.2 Å². The van der Waals surface area contributed by atoms with Gasteiger partial charge in [-0.1, -0.05) is 29.3 Å². The Morgan fingerprint density at radius 3 is 2.60 bits per heavy atom. The van der Waals surface area contributed by atoms with Gasteiger partial charge in [0.15, 0.2) is 0 Å². The van der Waals surface area contributed by atoms with Gasteiger partial charge in [-0.2, -0.15) is 0 Å². The van der Waals surface area contributed by atoms with E-state index < -0.39 is 0 Å². The molecule has 1 aromatic rings. The average molecular weight is 268 g/mol. The third kappa shape index (κ3) is 3.23. The molecule has 5 heteroatoms. The molecule has 0 spiro atoms. The number of benzene rings is 1. The first kappa shape index (κ1) is 13.1. The van der Waals surface area contributed by atoms with E-state index in [-0.39, 0.29) is 12.4 Å². The molecular weight excluding hydrogens is 254 g/mol. The second kappa shape index (κ2) is 5.92. The van der Waals surface area contributed by atoms with Crippen LogP contribution in [0.5, 0.6) is 0 Å². The summed E-state index contributed by atoms with van der Waals surface area (Å²) in [6, 6.07) is 5.94. The smallest absolute Gasteiger partial charge is 0.0469 e. The zero-order valence-electron chi connectivity index (χ0n) is 8.09. The summed E-state index contributed by atoms with van der Waals surface area (Å²) in [4.78, 5) is 0. The lowest BCUT2D eigenvalue weighted by Gasteiger charge is -2.25. The quantitative estimate of drug-likeness (QED) is 0.817. The second-order valence-corrected chi connectivity index (χ2v) is 4.22. The summed E-state index contributed by atoms with van der Waals surface area (Å²) in [6.07, 6.45) is 0. The minimum atomic E-state index is 0. The van der Waals surface area contributed by atoms with Gasteiger partial charge in [-0.05, 0) is 17.7 Å². The maximum Gasteiger partial charge on any atom is 0.0469 e. The molecule has 1 saturated heterocycles. The molecule has 84 valence electrons. The fourth-order valence-corrected chi connectivity index (χ4v) is 2.20. The molecule has 1 aliphatic rings. The highest BCUT2D eigenvalue weighted by atomic mass is 35.5. The maximum absolute atomic E-state index is 6.11. The van der Waals surface area contributed by atoms with Crippen LogP contribution in [0.2, 0.25) is 10.0 Å². The van der Waals surface area contributed by atoms with Gasteiger partial charge in [0.25, 0.3) is 0 Å². The first-order chi connectivity index (χ1) is 6.77. The molecule has 2 rings (SSSR count). The monoisotopic (exact) mass is 266 g/mol. The third-order valence-corrected chi connectivity index (χ3v) is 2.94. The first-order valence-corrected chi connectivity index (χ1v) is 5.42. The molecule has 0 saturated carbocycles. The minimum Gasteiger partial charge on any atom is -0.314 e. The summed E-state index contributed by atoms with van der Waals surface area (Å²) < 4.78 is 0. The molecule has 0 aromatic heterocycles. The molecule has 1 atom stereocenters. The zero-order valence-corrected chi connectivity index (χ0v) is 10.4. The van der Waals surface area contributed by atoms with Crippen LogP contribution >= 0.6 is 35.6 Å². The normalized spacial score (nSPS) is 20.8. The van der Waals surface area contributed by atoms with Gasteiger partial charge in [-0.15, -0.1) is 12.4 Å². The zero-order chi connectivity index (χ0) is 9.97. The standard InChI is InChI=1S/C10H12Cl2N2.ClH/c11-7-1-2-8(9(12)5-7)10-6-13-3-4-14-10;/h1-2,5,10,13-14H,3-4,6H2;1H/t10-;/m1./s1.